The third-order valence-electron chi connectivity index (χ3n) is 4.46. The van der Waals surface area contributed by atoms with Crippen LogP contribution in [0, 0.1) is 6.92 Å². The van der Waals surface area contributed by atoms with Crippen LogP contribution in [0.5, 0.6) is 0 Å². The van der Waals surface area contributed by atoms with E-state index in [-0.39, 0.29) is 0 Å². The van der Waals surface area contributed by atoms with Gasteiger partial charge in [0.1, 0.15) is 0 Å². The summed E-state index contributed by atoms with van der Waals surface area (Å²) in [5, 5.41) is 0. The maximum absolute atomic E-state index is 3.70. The molecule has 0 unspecified atom stereocenters. The van der Waals surface area contributed by atoms with Gasteiger partial charge in [0.2, 0.25) is 0 Å². The van der Waals surface area contributed by atoms with E-state index in [4.69, 9.17) is 0 Å². The van der Waals surface area contributed by atoms with Crippen LogP contribution >= 0.6 is 0 Å². The topological polar surface area (TPSA) is 15.8 Å². The zero-order chi connectivity index (χ0) is 12.8. The first kappa shape index (κ1) is 13.7. The van der Waals surface area contributed by atoms with Gasteiger partial charge >= 0.3 is 0 Å². The number of aromatic amines is 1. The molecule has 1 aromatic heterocycles. The molecule has 2 rings (SSSR count). The van der Waals surface area contributed by atoms with Crippen molar-refractivity contribution in [1.82, 2.24) is 4.98 Å². The van der Waals surface area contributed by atoms with Crippen molar-refractivity contribution in [3.63, 3.8) is 0 Å². The Morgan fingerprint density at radius 1 is 0.944 bits per heavy atom. The second-order valence-corrected chi connectivity index (χ2v) is 5.91. The quantitative estimate of drug-likeness (QED) is 0.645. The summed E-state index contributed by atoms with van der Waals surface area (Å²) in [5.41, 5.74) is 6.33. The molecule has 0 aliphatic heterocycles. The number of unbranched alkanes of at least 4 members (excludes halogenated alkanes) is 5. The van der Waals surface area contributed by atoms with E-state index in [1.807, 2.05) is 0 Å². The molecule has 0 aromatic carbocycles. The predicted molar refractivity (Wildman–Crippen MR) is 79.3 cm³/mol. The van der Waals surface area contributed by atoms with Crippen LogP contribution in [-0.4, -0.2) is 4.98 Å². The second-order valence-electron chi connectivity index (χ2n) is 5.91. The Hall–Kier alpha value is -0.720. The molecule has 1 N–H and O–H groups in total. The number of nitrogens with one attached hydrogen (secondary N) is 1. The van der Waals surface area contributed by atoms with Gasteiger partial charge in [-0.05, 0) is 56.6 Å². The number of fused-ring (bicyclic) bond motifs is 1. The third kappa shape index (κ3) is 3.40. The van der Waals surface area contributed by atoms with Crippen molar-refractivity contribution in [2.24, 2.45) is 0 Å². The fourth-order valence-electron chi connectivity index (χ4n) is 3.25. The van der Waals surface area contributed by atoms with E-state index in [9.17, 15) is 0 Å². The van der Waals surface area contributed by atoms with Crippen LogP contribution in [0.15, 0.2) is 0 Å². The van der Waals surface area contributed by atoms with Gasteiger partial charge in [0, 0.05) is 11.4 Å². The minimum absolute atomic E-state index is 1.27. The minimum atomic E-state index is 1.27. The summed E-state index contributed by atoms with van der Waals surface area (Å²) in [4.78, 5) is 3.70. The van der Waals surface area contributed by atoms with E-state index in [1.54, 1.807) is 16.8 Å². The molecule has 0 radical (unpaired) electrons. The third-order valence-corrected chi connectivity index (χ3v) is 4.46. The number of aryl methyl sites for hydroxylation is 2. The molecular weight excluding hydrogens is 218 g/mol. The molecule has 0 amide bonds. The molecule has 0 saturated heterocycles. The lowest BCUT2D eigenvalue weighted by Crippen LogP contribution is -2.00. The molecule has 18 heavy (non-hydrogen) atoms. The van der Waals surface area contributed by atoms with Crippen LogP contribution in [0.3, 0.4) is 0 Å². The van der Waals surface area contributed by atoms with Crippen LogP contribution in [0.1, 0.15) is 80.8 Å². The van der Waals surface area contributed by atoms with Crippen LogP contribution in [0.4, 0.5) is 0 Å². The molecule has 1 heterocycles. The summed E-state index contributed by atoms with van der Waals surface area (Å²) in [6.45, 7) is 4.61. The summed E-state index contributed by atoms with van der Waals surface area (Å²) < 4.78 is 0. The zero-order valence-electron chi connectivity index (χ0n) is 12.3. The molecule has 0 bridgehead atoms. The Bertz CT molecular complexity index is 362. The number of H-pyrrole nitrogens is 1. The number of hydrogen-bond acceptors (Lipinski definition) is 0. The Morgan fingerprint density at radius 2 is 1.67 bits per heavy atom. The van der Waals surface area contributed by atoms with Gasteiger partial charge in [-0.15, -0.1) is 0 Å². The SMILES string of the molecule is CCCCCCCCc1[nH]c2c(c1C)CCCC2. The molecule has 0 fully saturated rings. The average molecular weight is 247 g/mol. The molecule has 0 spiro atoms. The summed E-state index contributed by atoms with van der Waals surface area (Å²) in [6.07, 6.45) is 15.0. The van der Waals surface area contributed by atoms with Crippen molar-refractivity contribution in [2.45, 2.75) is 84.5 Å². The van der Waals surface area contributed by atoms with Gasteiger partial charge in [-0.25, -0.2) is 0 Å². The standard InChI is InChI=1S/C17H29N/c1-3-4-5-6-7-8-12-16-14(2)15-11-9-10-13-17(15)18-16/h18H,3-13H2,1-2H3. The molecule has 1 aromatic rings. The Morgan fingerprint density at radius 3 is 2.44 bits per heavy atom. The molecule has 102 valence electrons. The summed E-state index contributed by atoms with van der Waals surface area (Å²) >= 11 is 0. The van der Waals surface area contributed by atoms with Gasteiger partial charge < -0.3 is 4.98 Å². The molecule has 1 heteroatoms. The van der Waals surface area contributed by atoms with E-state index >= 15 is 0 Å². The summed E-state index contributed by atoms with van der Waals surface area (Å²) in [6, 6.07) is 0. The van der Waals surface area contributed by atoms with E-state index in [0.29, 0.717) is 0 Å². The van der Waals surface area contributed by atoms with Crippen LogP contribution in [0.25, 0.3) is 0 Å². The predicted octanol–water partition coefficient (Wildman–Crippen LogP) is 5.10. The smallest absolute Gasteiger partial charge is 0.0184 e. The maximum Gasteiger partial charge on any atom is 0.0184 e. The fraction of sp³-hybridized carbons (Fsp3) is 0.765. The minimum Gasteiger partial charge on any atom is -0.362 e. The van der Waals surface area contributed by atoms with Crippen LogP contribution in [0.2, 0.25) is 0 Å². The van der Waals surface area contributed by atoms with Crippen molar-refractivity contribution in [2.75, 3.05) is 0 Å². The average Bonchev–Trinajstić information content (AvgIpc) is 2.71. The highest BCUT2D eigenvalue weighted by atomic mass is 14.7. The molecule has 1 aliphatic carbocycles. The van der Waals surface area contributed by atoms with E-state index < -0.39 is 0 Å². The zero-order valence-corrected chi connectivity index (χ0v) is 12.3. The molecule has 0 saturated carbocycles. The lowest BCUT2D eigenvalue weighted by molar-refractivity contribution is 0.604. The van der Waals surface area contributed by atoms with Crippen molar-refractivity contribution < 1.29 is 0 Å². The number of hydrogen-bond donors (Lipinski definition) is 1. The van der Waals surface area contributed by atoms with Crippen molar-refractivity contribution >= 4 is 0 Å². The highest BCUT2D eigenvalue weighted by Crippen LogP contribution is 2.27. The van der Waals surface area contributed by atoms with E-state index in [0.717, 1.165) is 0 Å². The second kappa shape index (κ2) is 7.01. The Kier molecular flexibility index (Phi) is 5.34. The lowest BCUT2D eigenvalue weighted by Gasteiger charge is -2.10. The Balaban J connectivity index is 1.77. The van der Waals surface area contributed by atoms with Crippen molar-refractivity contribution in [3.05, 3.63) is 22.5 Å². The largest absolute Gasteiger partial charge is 0.362 e. The Labute approximate surface area is 112 Å². The lowest BCUT2D eigenvalue weighted by atomic mass is 9.94. The number of aromatic nitrogens is 1. The maximum atomic E-state index is 3.70. The molecule has 1 aliphatic rings. The fourth-order valence-corrected chi connectivity index (χ4v) is 3.25. The molecule has 0 atom stereocenters. The van der Waals surface area contributed by atoms with E-state index in [2.05, 4.69) is 18.8 Å². The first-order valence-electron chi connectivity index (χ1n) is 8.02. The molecule has 1 nitrogen and oxygen atoms in total. The summed E-state index contributed by atoms with van der Waals surface area (Å²) in [5.74, 6) is 0. The van der Waals surface area contributed by atoms with Gasteiger partial charge in [0.25, 0.3) is 0 Å². The van der Waals surface area contributed by atoms with Gasteiger partial charge in [-0.3, -0.25) is 0 Å². The highest BCUT2D eigenvalue weighted by Gasteiger charge is 2.16. The van der Waals surface area contributed by atoms with Crippen LogP contribution < -0.4 is 0 Å². The van der Waals surface area contributed by atoms with E-state index in [1.165, 1.54) is 76.3 Å². The number of rotatable bonds is 7. The van der Waals surface area contributed by atoms with Gasteiger partial charge in [0.15, 0.2) is 0 Å². The van der Waals surface area contributed by atoms with Crippen LogP contribution in [-0.2, 0) is 19.3 Å². The highest BCUT2D eigenvalue weighted by molar-refractivity contribution is 5.37. The van der Waals surface area contributed by atoms with Crippen molar-refractivity contribution in [3.8, 4) is 0 Å². The first-order chi connectivity index (χ1) is 8.83. The summed E-state index contributed by atoms with van der Waals surface area (Å²) in [7, 11) is 0. The normalized spacial score (nSPS) is 14.8. The molecular formula is C17H29N. The monoisotopic (exact) mass is 247 g/mol. The van der Waals surface area contributed by atoms with Crippen molar-refractivity contribution in [1.29, 1.82) is 0 Å². The van der Waals surface area contributed by atoms with Gasteiger partial charge in [0.05, 0.1) is 0 Å². The van der Waals surface area contributed by atoms with Gasteiger partial charge in [-0.2, -0.15) is 0 Å². The first-order valence-corrected chi connectivity index (χ1v) is 8.02. The van der Waals surface area contributed by atoms with Gasteiger partial charge in [-0.1, -0.05) is 39.0 Å².